The molecule has 98 valence electrons. The van der Waals surface area contributed by atoms with Gasteiger partial charge in [0.25, 0.3) is 5.91 Å². The normalized spacial score (nSPS) is 10.3. The maximum Gasteiger partial charge on any atom is 0.259 e. The van der Waals surface area contributed by atoms with Crippen molar-refractivity contribution in [2.75, 3.05) is 5.32 Å². The van der Waals surface area contributed by atoms with Crippen LogP contribution >= 0.6 is 23.2 Å². The highest BCUT2D eigenvalue weighted by Gasteiger charge is 2.19. The second-order valence-corrected chi connectivity index (χ2v) is 3.96. The van der Waals surface area contributed by atoms with Crippen molar-refractivity contribution in [3.63, 3.8) is 0 Å². The lowest BCUT2D eigenvalue weighted by Crippen LogP contribution is -2.16. The van der Waals surface area contributed by atoms with Crippen LogP contribution in [0.3, 0.4) is 0 Å². The standard InChI is InChI=1S/C10H4Cl2F2N4O/c11-7-6(8(12)17-3-16-7)18-10(19)4-1-2-15-9(14)5(4)13/h1-3H,(H,18,19). The van der Waals surface area contributed by atoms with Crippen molar-refractivity contribution >= 4 is 34.8 Å². The van der Waals surface area contributed by atoms with Gasteiger partial charge in [0.05, 0.1) is 5.56 Å². The van der Waals surface area contributed by atoms with Gasteiger partial charge in [-0.3, -0.25) is 4.79 Å². The first kappa shape index (κ1) is 13.6. The third-order valence-corrected chi connectivity index (χ3v) is 2.66. The number of carbonyl (C=O) groups is 1. The minimum atomic E-state index is -1.38. The van der Waals surface area contributed by atoms with Gasteiger partial charge in [-0.25, -0.2) is 19.3 Å². The topological polar surface area (TPSA) is 67.8 Å². The van der Waals surface area contributed by atoms with Crippen LogP contribution in [0.2, 0.25) is 10.3 Å². The summed E-state index contributed by atoms with van der Waals surface area (Å²) in [5.74, 6) is -3.70. The third-order valence-electron chi connectivity index (χ3n) is 2.08. The summed E-state index contributed by atoms with van der Waals surface area (Å²) < 4.78 is 26.3. The molecule has 0 aliphatic carbocycles. The van der Waals surface area contributed by atoms with E-state index in [1.807, 2.05) is 0 Å². The number of pyridine rings is 1. The number of rotatable bonds is 2. The molecule has 2 aromatic heterocycles. The van der Waals surface area contributed by atoms with Crippen molar-refractivity contribution in [3.05, 3.63) is 46.2 Å². The van der Waals surface area contributed by atoms with E-state index in [-0.39, 0.29) is 16.0 Å². The predicted molar refractivity (Wildman–Crippen MR) is 64.2 cm³/mol. The number of nitrogens with one attached hydrogen (secondary N) is 1. The molecule has 9 heteroatoms. The molecular weight excluding hydrogens is 301 g/mol. The minimum absolute atomic E-state index is 0.0903. The van der Waals surface area contributed by atoms with Gasteiger partial charge in [-0.2, -0.15) is 4.39 Å². The van der Waals surface area contributed by atoms with Crippen LogP contribution in [0.1, 0.15) is 10.4 Å². The maximum atomic E-state index is 13.4. The zero-order chi connectivity index (χ0) is 14.0. The Bertz CT molecular complexity index is 633. The second-order valence-electron chi connectivity index (χ2n) is 3.25. The molecular formula is C10H4Cl2F2N4O. The largest absolute Gasteiger partial charge is 0.317 e. The maximum absolute atomic E-state index is 13.4. The quantitative estimate of drug-likeness (QED) is 0.684. The highest BCUT2D eigenvalue weighted by Crippen LogP contribution is 2.26. The molecule has 2 rings (SSSR count). The van der Waals surface area contributed by atoms with E-state index in [2.05, 4.69) is 20.3 Å². The van der Waals surface area contributed by atoms with Crippen molar-refractivity contribution in [1.29, 1.82) is 0 Å². The van der Waals surface area contributed by atoms with Gasteiger partial charge in [0, 0.05) is 6.20 Å². The smallest absolute Gasteiger partial charge is 0.259 e. The van der Waals surface area contributed by atoms with Crippen molar-refractivity contribution < 1.29 is 13.6 Å². The number of carbonyl (C=O) groups excluding carboxylic acids is 1. The molecule has 0 aromatic carbocycles. The number of halogens is 4. The Morgan fingerprint density at radius 1 is 1.16 bits per heavy atom. The monoisotopic (exact) mass is 304 g/mol. The lowest BCUT2D eigenvalue weighted by atomic mass is 10.2. The van der Waals surface area contributed by atoms with Crippen molar-refractivity contribution in [2.24, 2.45) is 0 Å². The zero-order valence-electron chi connectivity index (χ0n) is 8.99. The predicted octanol–water partition coefficient (Wildman–Crippen LogP) is 2.71. The van der Waals surface area contributed by atoms with Gasteiger partial charge in [0.2, 0.25) is 5.95 Å². The van der Waals surface area contributed by atoms with Crippen LogP contribution in [0.5, 0.6) is 0 Å². The molecule has 1 N–H and O–H groups in total. The number of aromatic nitrogens is 3. The van der Waals surface area contributed by atoms with Crippen LogP contribution in [-0.2, 0) is 0 Å². The molecule has 5 nitrogen and oxygen atoms in total. The first-order valence-corrected chi connectivity index (χ1v) is 5.53. The Labute approximate surface area is 115 Å². The van der Waals surface area contributed by atoms with E-state index in [0.717, 1.165) is 18.6 Å². The van der Waals surface area contributed by atoms with Crippen molar-refractivity contribution in [1.82, 2.24) is 15.0 Å². The Morgan fingerprint density at radius 3 is 2.42 bits per heavy atom. The van der Waals surface area contributed by atoms with Crippen LogP contribution in [0, 0.1) is 11.8 Å². The Kier molecular flexibility index (Phi) is 3.87. The van der Waals surface area contributed by atoms with Gasteiger partial charge in [0.1, 0.15) is 12.0 Å². The van der Waals surface area contributed by atoms with E-state index in [1.54, 1.807) is 0 Å². The molecule has 2 aromatic rings. The molecule has 0 saturated carbocycles. The molecule has 0 fully saturated rings. The first-order chi connectivity index (χ1) is 9.00. The molecule has 0 spiro atoms. The summed E-state index contributed by atoms with van der Waals surface area (Å²) in [5, 5.41) is 1.96. The molecule has 2 heterocycles. The summed E-state index contributed by atoms with van der Waals surface area (Å²) in [6.07, 6.45) is 2.05. The summed E-state index contributed by atoms with van der Waals surface area (Å²) in [7, 11) is 0. The first-order valence-electron chi connectivity index (χ1n) is 4.78. The van der Waals surface area contributed by atoms with Crippen LogP contribution in [-0.4, -0.2) is 20.9 Å². The van der Waals surface area contributed by atoms with Gasteiger partial charge in [-0.1, -0.05) is 23.2 Å². The molecule has 0 aliphatic heterocycles. The van der Waals surface area contributed by atoms with Crippen LogP contribution in [0.4, 0.5) is 14.5 Å². The summed E-state index contributed by atoms with van der Waals surface area (Å²) in [6.45, 7) is 0. The molecule has 0 radical (unpaired) electrons. The number of amides is 1. The van der Waals surface area contributed by atoms with Crippen molar-refractivity contribution in [2.45, 2.75) is 0 Å². The van der Waals surface area contributed by atoms with E-state index in [9.17, 15) is 13.6 Å². The zero-order valence-corrected chi connectivity index (χ0v) is 10.5. The van der Waals surface area contributed by atoms with Crippen LogP contribution < -0.4 is 5.32 Å². The van der Waals surface area contributed by atoms with Gasteiger partial charge >= 0.3 is 0 Å². The number of anilines is 1. The third kappa shape index (κ3) is 2.77. The summed E-state index contributed by atoms with van der Waals surface area (Å²) in [5.41, 5.74) is -0.629. The fourth-order valence-electron chi connectivity index (χ4n) is 1.22. The van der Waals surface area contributed by atoms with E-state index in [4.69, 9.17) is 23.2 Å². The number of hydrogen-bond donors (Lipinski definition) is 1. The van der Waals surface area contributed by atoms with Gasteiger partial charge in [-0.15, -0.1) is 0 Å². The SMILES string of the molecule is O=C(Nc1c(Cl)ncnc1Cl)c1ccnc(F)c1F. The molecule has 19 heavy (non-hydrogen) atoms. The molecule has 0 atom stereocenters. The van der Waals surface area contributed by atoms with E-state index < -0.39 is 23.2 Å². The number of nitrogens with zero attached hydrogens (tertiary/aromatic N) is 3. The van der Waals surface area contributed by atoms with Gasteiger partial charge in [-0.05, 0) is 6.07 Å². The molecule has 0 saturated heterocycles. The van der Waals surface area contributed by atoms with Crippen LogP contribution in [0.25, 0.3) is 0 Å². The number of hydrogen-bond acceptors (Lipinski definition) is 4. The highest BCUT2D eigenvalue weighted by molar-refractivity contribution is 6.38. The van der Waals surface area contributed by atoms with Crippen molar-refractivity contribution in [3.8, 4) is 0 Å². The Balaban J connectivity index is 2.34. The van der Waals surface area contributed by atoms with E-state index >= 15 is 0 Å². The molecule has 0 aliphatic rings. The lowest BCUT2D eigenvalue weighted by Gasteiger charge is -2.08. The van der Waals surface area contributed by atoms with Gasteiger partial charge < -0.3 is 5.32 Å². The highest BCUT2D eigenvalue weighted by atomic mass is 35.5. The fraction of sp³-hybridized carbons (Fsp3) is 0. The summed E-state index contributed by atoms with van der Waals surface area (Å²) >= 11 is 11.4. The van der Waals surface area contributed by atoms with E-state index in [1.165, 1.54) is 0 Å². The average Bonchev–Trinajstić information content (AvgIpc) is 2.37. The van der Waals surface area contributed by atoms with E-state index in [0.29, 0.717) is 0 Å². The summed E-state index contributed by atoms with van der Waals surface area (Å²) in [4.78, 5) is 22.0. The van der Waals surface area contributed by atoms with Crippen LogP contribution in [0.15, 0.2) is 18.6 Å². The minimum Gasteiger partial charge on any atom is -0.317 e. The summed E-state index contributed by atoms with van der Waals surface area (Å²) in [6, 6.07) is 1.01. The Hall–Kier alpha value is -1.86. The molecule has 1 amide bonds. The second kappa shape index (κ2) is 5.41. The van der Waals surface area contributed by atoms with Gasteiger partial charge in [0.15, 0.2) is 16.1 Å². The lowest BCUT2D eigenvalue weighted by molar-refractivity contribution is 0.102. The molecule has 0 unspecified atom stereocenters. The fourth-order valence-corrected chi connectivity index (χ4v) is 1.63. The average molecular weight is 305 g/mol. The molecule has 0 bridgehead atoms. The Morgan fingerprint density at radius 2 is 1.79 bits per heavy atom.